The molecule has 1 fully saturated rings. The number of anilines is 1. The van der Waals surface area contributed by atoms with Gasteiger partial charge in [-0.25, -0.2) is 14.6 Å². The van der Waals surface area contributed by atoms with Gasteiger partial charge >= 0.3 is 12.1 Å². The minimum absolute atomic E-state index is 0.0216. The van der Waals surface area contributed by atoms with Gasteiger partial charge in [-0.05, 0) is 31.4 Å². The highest BCUT2D eigenvalue weighted by Gasteiger charge is 2.27. The molecule has 3 aromatic rings. The van der Waals surface area contributed by atoms with Crippen LogP contribution >= 0.6 is 0 Å². The zero-order valence-corrected chi connectivity index (χ0v) is 17.5. The molecule has 1 amide bonds. The number of carbonyl (C=O) groups is 2. The highest BCUT2D eigenvalue weighted by Crippen LogP contribution is 2.28. The van der Waals surface area contributed by atoms with Crippen molar-refractivity contribution in [1.29, 1.82) is 0 Å². The number of rotatable bonds is 6. The quantitative estimate of drug-likeness (QED) is 0.584. The van der Waals surface area contributed by atoms with E-state index in [-0.39, 0.29) is 25.3 Å². The number of H-pyrrole nitrogens is 1. The molecule has 1 saturated heterocycles. The average Bonchev–Trinajstić information content (AvgIpc) is 3.28. The molecular formula is C23H26N4O4. The number of aromatic nitrogens is 2. The first kappa shape index (κ1) is 20.7. The Morgan fingerprint density at radius 1 is 1.23 bits per heavy atom. The van der Waals surface area contributed by atoms with Gasteiger partial charge in [-0.15, -0.1) is 0 Å². The van der Waals surface area contributed by atoms with E-state index in [0.717, 1.165) is 23.8 Å². The molecule has 1 atom stereocenters. The van der Waals surface area contributed by atoms with Crippen LogP contribution in [0.5, 0.6) is 0 Å². The van der Waals surface area contributed by atoms with Gasteiger partial charge in [-0.1, -0.05) is 30.3 Å². The van der Waals surface area contributed by atoms with Crippen LogP contribution in [0.15, 0.2) is 48.8 Å². The topological polar surface area (TPSA) is 96.5 Å². The summed E-state index contributed by atoms with van der Waals surface area (Å²) in [6.45, 7) is 3.44. The number of aromatic amines is 1. The van der Waals surface area contributed by atoms with Crippen molar-refractivity contribution in [3.8, 4) is 0 Å². The van der Waals surface area contributed by atoms with Gasteiger partial charge in [-0.3, -0.25) is 0 Å². The Labute approximate surface area is 180 Å². The minimum atomic E-state index is -0.421. The second kappa shape index (κ2) is 9.51. The largest absolute Gasteiger partial charge is 0.462 e. The molecule has 0 unspecified atom stereocenters. The van der Waals surface area contributed by atoms with Crippen LogP contribution in [-0.4, -0.2) is 52.7 Å². The van der Waals surface area contributed by atoms with Gasteiger partial charge in [0.15, 0.2) is 0 Å². The predicted octanol–water partition coefficient (Wildman–Crippen LogP) is 3.95. The Bertz CT molecular complexity index is 1050. The maximum atomic E-state index is 12.6. The van der Waals surface area contributed by atoms with E-state index in [9.17, 15) is 9.59 Å². The Morgan fingerprint density at radius 3 is 2.87 bits per heavy atom. The van der Waals surface area contributed by atoms with E-state index in [4.69, 9.17) is 9.47 Å². The molecule has 1 aliphatic rings. The van der Waals surface area contributed by atoms with Crippen molar-refractivity contribution in [1.82, 2.24) is 14.9 Å². The summed E-state index contributed by atoms with van der Waals surface area (Å²) < 4.78 is 10.7. The Morgan fingerprint density at radius 2 is 2.06 bits per heavy atom. The summed E-state index contributed by atoms with van der Waals surface area (Å²) in [5.74, 6) is -0.421. The normalized spacial score (nSPS) is 16.2. The number of nitrogens with one attached hydrogen (secondary N) is 2. The Kier molecular flexibility index (Phi) is 6.35. The molecule has 3 heterocycles. The summed E-state index contributed by atoms with van der Waals surface area (Å²) in [6, 6.07) is 11.5. The van der Waals surface area contributed by atoms with Crippen LogP contribution in [0.1, 0.15) is 35.7 Å². The first-order valence-corrected chi connectivity index (χ1v) is 10.5. The number of likely N-dealkylation sites (tertiary alicyclic amines) is 1. The van der Waals surface area contributed by atoms with Crippen molar-refractivity contribution < 1.29 is 19.1 Å². The van der Waals surface area contributed by atoms with Gasteiger partial charge in [-0.2, -0.15) is 0 Å². The number of nitrogens with zero attached hydrogens (tertiary/aromatic N) is 2. The highest BCUT2D eigenvalue weighted by atomic mass is 16.6. The number of amides is 1. The summed E-state index contributed by atoms with van der Waals surface area (Å²) in [5.41, 5.74) is 2.70. The minimum Gasteiger partial charge on any atom is -0.462 e. The summed E-state index contributed by atoms with van der Waals surface area (Å²) in [7, 11) is 0. The van der Waals surface area contributed by atoms with Crippen molar-refractivity contribution in [3.05, 3.63) is 59.9 Å². The molecule has 2 N–H and O–H groups in total. The lowest BCUT2D eigenvalue weighted by atomic mass is 10.0. The van der Waals surface area contributed by atoms with Crippen LogP contribution in [-0.2, 0) is 16.1 Å². The van der Waals surface area contributed by atoms with Crippen molar-refractivity contribution in [2.75, 3.05) is 25.0 Å². The molecule has 2 aromatic heterocycles. The number of piperidine rings is 1. The van der Waals surface area contributed by atoms with Crippen molar-refractivity contribution in [2.45, 2.75) is 32.4 Å². The SMILES string of the molecule is CCOC(=O)c1cnc2[nH]ccc2c1N[C@@H]1CCCN(C(=O)OCc2ccccc2)C1. The number of ether oxygens (including phenoxy) is 2. The molecule has 4 rings (SSSR count). The molecule has 0 radical (unpaired) electrons. The third kappa shape index (κ3) is 4.79. The first-order chi connectivity index (χ1) is 15.2. The summed E-state index contributed by atoms with van der Waals surface area (Å²) in [4.78, 5) is 34.1. The van der Waals surface area contributed by atoms with Gasteiger partial charge in [0.2, 0.25) is 0 Å². The van der Waals surface area contributed by atoms with E-state index < -0.39 is 5.97 Å². The number of fused-ring (bicyclic) bond motifs is 1. The molecule has 0 aliphatic carbocycles. The molecule has 0 bridgehead atoms. The van der Waals surface area contributed by atoms with Gasteiger partial charge in [0, 0.05) is 36.9 Å². The number of benzene rings is 1. The summed E-state index contributed by atoms with van der Waals surface area (Å²) >= 11 is 0. The second-order valence-electron chi connectivity index (χ2n) is 7.48. The van der Waals surface area contributed by atoms with E-state index in [2.05, 4.69) is 15.3 Å². The molecular weight excluding hydrogens is 396 g/mol. The van der Waals surface area contributed by atoms with Crippen LogP contribution in [0.25, 0.3) is 11.0 Å². The number of hydrogen-bond acceptors (Lipinski definition) is 6. The Hall–Kier alpha value is -3.55. The number of pyridine rings is 1. The fourth-order valence-corrected chi connectivity index (χ4v) is 3.80. The lowest BCUT2D eigenvalue weighted by Gasteiger charge is -2.33. The Balaban J connectivity index is 1.46. The number of carbonyl (C=O) groups excluding carboxylic acids is 2. The molecule has 1 aliphatic heterocycles. The van der Waals surface area contributed by atoms with Gasteiger partial charge < -0.3 is 24.7 Å². The summed E-state index contributed by atoms with van der Waals surface area (Å²) in [5, 5.41) is 4.28. The van der Waals surface area contributed by atoms with Crippen molar-refractivity contribution in [2.24, 2.45) is 0 Å². The van der Waals surface area contributed by atoms with E-state index in [1.807, 2.05) is 36.4 Å². The fourth-order valence-electron chi connectivity index (χ4n) is 3.80. The van der Waals surface area contributed by atoms with Gasteiger partial charge in [0.1, 0.15) is 17.8 Å². The maximum absolute atomic E-state index is 12.6. The smallest absolute Gasteiger partial charge is 0.410 e. The molecule has 162 valence electrons. The molecule has 8 nitrogen and oxygen atoms in total. The lowest BCUT2D eigenvalue weighted by molar-refractivity contribution is 0.0526. The standard InChI is InChI=1S/C23H26N4O4/c1-2-30-22(28)19-13-25-21-18(10-11-24-21)20(19)26-17-9-6-12-27(14-17)23(29)31-15-16-7-4-3-5-8-16/h3-5,7-8,10-11,13,17H,2,6,9,12,14-15H2,1H3,(H2,24,25,26)/t17-/m1/s1. The first-order valence-electron chi connectivity index (χ1n) is 10.5. The van der Waals surface area contributed by atoms with Gasteiger partial charge in [0.25, 0.3) is 0 Å². The maximum Gasteiger partial charge on any atom is 0.410 e. The van der Waals surface area contributed by atoms with Crippen molar-refractivity contribution >= 4 is 28.8 Å². The molecule has 0 spiro atoms. The molecule has 8 heteroatoms. The van der Waals surface area contributed by atoms with E-state index in [1.165, 1.54) is 6.20 Å². The molecule has 31 heavy (non-hydrogen) atoms. The van der Waals surface area contributed by atoms with Crippen molar-refractivity contribution in [3.63, 3.8) is 0 Å². The molecule has 1 aromatic carbocycles. The lowest BCUT2D eigenvalue weighted by Crippen LogP contribution is -2.45. The third-order valence-electron chi connectivity index (χ3n) is 5.32. The van der Waals surface area contributed by atoms with E-state index >= 15 is 0 Å². The second-order valence-corrected chi connectivity index (χ2v) is 7.48. The monoisotopic (exact) mass is 422 g/mol. The van der Waals surface area contributed by atoms with Crippen LogP contribution in [0.3, 0.4) is 0 Å². The highest BCUT2D eigenvalue weighted by molar-refractivity contribution is 6.04. The van der Waals surface area contributed by atoms with Crippen LogP contribution in [0, 0.1) is 0 Å². The van der Waals surface area contributed by atoms with Gasteiger partial charge in [0.05, 0.1) is 12.3 Å². The number of hydrogen-bond donors (Lipinski definition) is 2. The third-order valence-corrected chi connectivity index (χ3v) is 5.32. The zero-order valence-electron chi connectivity index (χ0n) is 17.5. The average molecular weight is 422 g/mol. The predicted molar refractivity (Wildman–Crippen MR) is 117 cm³/mol. The van der Waals surface area contributed by atoms with E-state index in [0.29, 0.717) is 30.0 Å². The fraction of sp³-hybridized carbons (Fsp3) is 0.348. The number of esters is 1. The van der Waals surface area contributed by atoms with Crippen LogP contribution < -0.4 is 5.32 Å². The summed E-state index contributed by atoms with van der Waals surface area (Å²) in [6.07, 6.45) is 4.69. The van der Waals surface area contributed by atoms with Crippen LogP contribution in [0.4, 0.5) is 10.5 Å². The molecule has 0 saturated carbocycles. The zero-order chi connectivity index (χ0) is 21.6. The van der Waals surface area contributed by atoms with E-state index in [1.54, 1.807) is 18.0 Å². The van der Waals surface area contributed by atoms with Crippen LogP contribution in [0.2, 0.25) is 0 Å².